The first-order chi connectivity index (χ1) is 14.7. The first-order valence-electron chi connectivity index (χ1n) is 10.6. The van der Waals surface area contributed by atoms with Gasteiger partial charge in [0, 0.05) is 22.7 Å². The molecule has 0 spiro atoms. The SMILES string of the molecule is C[C@H](CCCO[Si](C)(C)C(C)(C)C)N(c1cc(Cl)ccc1Cl)S(=O)(=O)c1ccc(Cl)cc1. The van der Waals surface area contributed by atoms with Crippen molar-refractivity contribution in [3.63, 3.8) is 0 Å². The largest absolute Gasteiger partial charge is 0.417 e. The van der Waals surface area contributed by atoms with Gasteiger partial charge in [-0.3, -0.25) is 4.31 Å². The Morgan fingerprint density at radius 2 is 1.56 bits per heavy atom. The fourth-order valence-electron chi connectivity index (χ4n) is 3.02. The highest BCUT2D eigenvalue weighted by Gasteiger charge is 2.37. The first-order valence-corrected chi connectivity index (χ1v) is 16.0. The predicted octanol–water partition coefficient (Wildman–Crippen LogP) is 8.03. The highest BCUT2D eigenvalue weighted by atomic mass is 35.5. The van der Waals surface area contributed by atoms with Gasteiger partial charge in [0.15, 0.2) is 8.32 Å². The van der Waals surface area contributed by atoms with Gasteiger partial charge < -0.3 is 4.43 Å². The van der Waals surface area contributed by atoms with Crippen molar-refractivity contribution in [2.24, 2.45) is 0 Å². The molecule has 0 amide bonds. The Morgan fingerprint density at radius 3 is 2.12 bits per heavy atom. The van der Waals surface area contributed by atoms with Crippen molar-refractivity contribution in [1.82, 2.24) is 0 Å². The quantitative estimate of drug-likeness (QED) is 0.241. The fourth-order valence-corrected chi connectivity index (χ4v) is 6.35. The second kappa shape index (κ2) is 10.7. The Balaban J connectivity index is 2.31. The van der Waals surface area contributed by atoms with E-state index in [9.17, 15) is 8.42 Å². The highest BCUT2D eigenvalue weighted by molar-refractivity contribution is 7.92. The number of hydrogen-bond acceptors (Lipinski definition) is 3. The minimum absolute atomic E-state index is 0.122. The third kappa shape index (κ3) is 6.64. The summed E-state index contributed by atoms with van der Waals surface area (Å²) in [5.74, 6) is 0. The maximum atomic E-state index is 13.6. The van der Waals surface area contributed by atoms with Crippen LogP contribution in [-0.4, -0.2) is 29.4 Å². The molecule has 0 heterocycles. The van der Waals surface area contributed by atoms with Gasteiger partial charge in [0.25, 0.3) is 10.0 Å². The van der Waals surface area contributed by atoms with Gasteiger partial charge in [-0.1, -0.05) is 55.6 Å². The molecule has 0 aliphatic rings. The molecule has 0 bridgehead atoms. The monoisotopic (exact) mass is 535 g/mol. The first kappa shape index (κ1) is 27.5. The van der Waals surface area contributed by atoms with Crippen LogP contribution in [0.1, 0.15) is 40.5 Å². The second-order valence-electron chi connectivity index (χ2n) is 9.45. The van der Waals surface area contributed by atoms with Crippen LogP contribution < -0.4 is 4.31 Å². The summed E-state index contributed by atoms with van der Waals surface area (Å²) < 4.78 is 34.9. The molecule has 0 unspecified atom stereocenters. The Bertz CT molecular complexity index is 1020. The summed E-state index contributed by atoms with van der Waals surface area (Å²) in [5.41, 5.74) is 0.354. The Morgan fingerprint density at radius 1 is 1.00 bits per heavy atom. The number of nitrogens with zero attached hydrogens (tertiary/aromatic N) is 1. The lowest BCUT2D eigenvalue weighted by molar-refractivity contribution is 0.276. The topological polar surface area (TPSA) is 46.6 Å². The van der Waals surface area contributed by atoms with Crippen LogP contribution in [0.4, 0.5) is 5.69 Å². The molecule has 0 aliphatic heterocycles. The van der Waals surface area contributed by atoms with Crippen LogP contribution in [0, 0.1) is 0 Å². The summed E-state index contributed by atoms with van der Waals surface area (Å²) in [6.45, 7) is 13.5. The maximum absolute atomic E-state index is 13.6. The number of hydrogen-bond donors (Lipinski definition) is 0. The van der Waals surface area contributed by atoms with Crippen LogP contribution in [-0.2, 0) is 14.4 Å². The number of sulfonamides is 1. The third-order valence-electron chi connectivity index (χ3n) is 5.95. The van der Waals surface area contributed by atoms with E-state index in [1.54, 1.807) is 30.3 Å². The summed E-state index contributed by atoms with van der Waals surface area (Å²) in [5, 5.41) is 1.31. The van der Waals surface area contributed by atoms with Crippen molar-refractivity contribution in [3.8, 4) is 0 Å². The molecule has 32 heavy (non-hydrogen) atoms. The van der Waals surface area contributed by atoms with Crippen molar-refractivity contribution in [1.29, 1.82) is 0 Å². The van der Waals surface area contributed by atoms with E-state index in [1.807, 2.05) is 6.92 Å². The summed E-state index contributed by atoms with van der Waals surface area (Å²) in [6.07, 6.45) is 1.32. The molecule has 1 atom stereocenters. The molecule has 4 nitrogen and oxygen atoms in total. The summed E-state index contributed by atoms with van der Waals surface area (Å²) in [6, 6.07) is 10.6. The lowest BCUT2D eigenvalue weighted by atomic mass is 10.2. The molecular formula is C23H32Cl3NO3SSi. The summed E-state index contributed by atoms with van der Waals surface area (Å²) in [7, 11) is -5.76. The van der Waals surface area contributed by atoms with E-state index in [0.717, 1.165) is 6.42 Å². The summed E-state index contributed by atoms with van der Waals surface area (Å²) in [4.78, 5) is 0.141. The van der Waals surface area contributed by atoms with Gasteiger partial charge in [-0.15, -0.1) is 0 Å². The zero-order valence-electron chi connectivity index (χ0n) is 19.5. The summed E-state index contributed by atoms with van der Waals surface area (Å²) >= 11 is 18.6. The molecule has 0 N–H and O–H groups in total. The van der Waals surface area contributed by atoms with Crippen molar-refractivity contribution in [2.45, 2.75) is 69.6 Å². The molecule has 9 heteroatoms. The van der Waals surface area contributed by atoms with Crippen LogP contribution in [0.2, 0.25) is 33.2 Å². The van der Waals surface area contributed by atoms with Gasteiger partial charge in [0.05, 0.1) is 15.6 Å². The number of benzene rings is 2. The van der Waals surface area contributed by atoms with E-state index in [4.69, 9.17) is 39.2 Å². The molecule has 0 aromatic heterocycles. The molecule has 2 rings (SSSR count). The Kier molecular flexibility index (Phi) is 9.16. The molecule has 0 aliphatic carbocycles. The lowest BCUT2D eigenvalue weighted by Crippen LogP contribution is -2.41. The van der Waals surface area contributed by atoms with E-state index in [2.05, 4.69) is 33.9 Å². The molecule has 0 saturated heterocycles. The third-order valence-corrected chi connectivity index (χ3v) is 13.2. The number of halogens is 3. The molecule has 2 aromatic rings. The molecule has 2 aromatic carbocycles. The standard InChI is InChI=1S/C23H32Cl3NO3SSi/c1-17(8-7-15-30-32(5,6)23(2,3)4)27(22-16-19(25)11-14-21(22)26)31(28,29)20-12-9-18(24)10-13-20/h9-14,16-17H,7-8,15H2,1-6H3/t17-/m1/s1. The van der Waals surface area contributed by atoms with E-state index < -0.39 is 18.3 Å². The molecule has 0 saturated carbocycles. The van der Waals surface area contributed by atoms with Crippen molar-refractivity contribution in [2.75, 3.05) is 10.9 Å². The van der Waals surface area contributed by atoms with E-state index >= 15 is 0 Å². The van der Waals surface area contributed by atoms with Crippen molar-refractivity contribution in [3.05, 3.63) is 57.5 Å². The molecular weight excluding hydrogens is 505 g/mol. The average Bonchev–Trinajstić information content (AvgIpc) is 2.67. The maximum Gasteiger partial charge on any atom is 0.264 e. The van der Waals surface area contributed by atoms with Crippen LogP contribution in [0.5, 0.6) is 0 Å². The Labute approximate surface area is 209 Å². The van der Waals surface area contributed by atoms with Gasteiger partial charge in [-0.25, -0.2) is 8.42 Å². The van der Waals surface area contributed by atoms with Gasteiger partial charge in [0.1, 0.15) is 0 Å². The second-order valence-corrected chi connectivity index (χ2v) is 17.4. The average molecular weight is 537 g/mol. The highest BCUT2D eigenvalue weighted by Crippen LogP contribution is 2.38. The predicted molar refractivity (Wildman–Crippen MR) is 139 cm³/mol. The molecule has 0 radical (unpaired) electrons. The van der Waals surface area contributed by atoms with Gasteiger partial charge in [-0.2, -0.15) is 0 Å². The van der Waals surface area contributed by atoms with E-state index in [0.29, 0.717) is 33.8 Å². The van der Waals surface area contributed by atoms with Crippen LogP contribution in [0.3, 0.4) is 0 Å². The minimum Gasteiger partial charge on any atom is -0.417 e. The smallest absolute Gasteiger partial charge is 0.264 e. The lowest BCUT2D eigenvalue weighted by Gasteiger charge is -2.36. The zero-order valence-corrected chi connectivity index (χ0v) is 23.5. The van der Waals surface area contributed by atoms with E-state index in [1.165, 1.54) is 16.4 Å². The van der Waals surface area contributed by atoms with Crippen molar-refractivity contribution < 1.29 is 12.8 Å². The van der Waals surface area contributed by atoms with Crippen LogP contribution >= 0.6 is 34.8 Å². The minimum atomic E-state index is -3.90. The van der Waals surface area contributed by atoms with Gasteiger partial charge >= 0.3 is 0 Å². The Hall–Kier alpha value is -0.763. The van der Waals surface area contributed by atoms with Gasteiger partial charge in [-0.05, 0) is 80.4 Å². The normalized spacial score (nSPS) is 13.8. The van der Waals surface area contributed by atoms with Gasteiger partial charge in [0.2, 0.25) is 0 Å². The van der Waals surface area contributed by atoms with Crippen LogP contribution in [0.15, 0.2) is 47.4 Å². The van der Waals surface area contributed by atoms with Crippen molar-refractivity contribution >= 4 is 58.8 Å². The van der Waals surface area contributed by atoms with E-state index in [-0.39, 0.29) is 16.0 Å². The fraction of sp³-hybridized carbons (Fsp3) is 0.478. The number of rotatable bonds is 9. The van der Waals surface area contributed by atoms with Crippen LogP contribution in [0.25, 0.3) is 0 Å². The molecule has 0 fully saturated rings. The molecule has 178 valence electrons. The number of anilines is 1. The zero-order chi connectivity index (χ0) is 24.3.